The van der Waals surface area contributed by atoms with Gasteiger partial charge in [-0.25, -0.2) is 0 Å². The van der Waals surface area contributed by atoms with E-state index >= 15 is 0 Å². The van der Waals surface area contributed by atoms with Gasteiger partial charge in [0.1, 0.15) is 0 Å². The first-order chi connectivity index (χ1) is 13.2. The van der Waals surface area contributed by atoms with Gasteiger partial charge in [0.15, 0.2) is 11.5 Å². The number of nitrogens with one attached hydrogen (secondary N) is 1. The summed E-state index contributed by atoms with van der Waals surface area (Å²) >= 11 is 1.36. The first-order valence-electron chi connectivity index (χ1n) is 9.23. The second-order valence-electron chi connectivity index (χ2n) is 6.66. The normalized spacial score (nSPS) is 18.8. The van der Waals surface area contributed by atoms with Crippen molar-refractivity contribution in [3.05, 3.63) is 46.2 Å². The van der Waals surface area contributed by atoms with Gasteiger partial charge >= 0.3 is 0 Å². The molecule has 1 aromatic heterocycles. The van der Waals surface area contributed by atoms with E-state index in [9.17, 15) is 9.59 Å². The zero-order chi connectivity index (χ0) is 18.6. The van der Waals surface area contributed by atoms with Gasteiger partial charge < -0.3 is 19.7 Å². The molecule has 2 aliphatic heterocycles. The Morgan fingerprint density at radius 1 is 1.15 bits per heavy atom. The number of thiophene rings is 1. The summed E-state index contributed by atoms with van der Waals surface area (Å²) in [4.78, 5) is 27.2. The van der Waals surface area contributed by atoms with Gasteiger partial charge in [-0.2, -0.15) is 0 Å². The van der Waals surface area contributed by atoms with Crippen LogP contribution < -0.4 is 14.8 Å². The third kappa shape index (κ3) is 3.93. The van der Waals surface area contributed by atoms with Crippen molar-refractivity contribution in [2.45, 2.75) is 25.3 Å². The Bertz CT molecular complexity index is 821. The van der Waals surface area contributed by atoms with E-state index in [1.807, 2.05) is 34.5 Å². The number of nitrogens with zero attached hydrogens (tertiary/aromatic N) is 1. The summed E-state index contributed by atoms with van der Waals surface area (Å²) < 4.78 is 11.5. The molecule has 0 bridgehead atoms. The molecule has 1 aromatic carbocycles. The molecule has 142 valence electrons. The zero-order valence-corrected chi connectivity index (χ0v) is 15.8. The van der Waals surface area contributed by atoms with Gasteiger partial charge in [0.2, 0.25) is 5.91 Å². The number of amides is 2. The van der Waals surface area contributed by atoms with Gasteiger partial charge in [-0.05, 0) is 42.0 Å². The molecule has 2 aliphatic rings. The molecular weight excluding hydrogens is 364 g/mol. The van der Waals surface area contributed by atoms with Crippen LogP contribution in [0.2, 0.25) is 0 Å². The predicted molar refractivity (Wildman–Crippen MR) is 102 cm³/mol. The molecule has 6 nitrogen and oxygen atoms in total. The highest BCUT2D eigenvalue weighted by atomic mass is 32.1. The zero-order valence-electron chi connectivity index (χ0n) is 15.0. The molecule has 2 amide bonds. The molecule has 0 saturated carbocycles. The molecule has 27 heavy (non-hydrogen) atoms. The van der Waals surface area contributed by atoms with Crippen LogP contribution in [0.4, 0.5) is 0 Å². The van der Waals surface area contributed by atoms with Crippen molar-refractivity contribution in [2.75, 3.05) is 26.3 Å². The van der Waals surface area contributed by atoms with Gasteiger partial charge in [0, 0.05) is 13.0 Å². The Morgan fingerprint density at radius 3 is 2.81 bits per heavy atom. The van der Waals surface area contributed by atoms with Crippen LogP contribution in [0, 0.1) is 0 Å². The van der Waals surface area contributed by atoms with Crippen molar-refractivity contribution in [1.29, 1.82) is 0 Å². The Balaban J connectivity index is 1.43. The molecule has 1 N–H and O–H groups in total. The highest BCUT2D eigenvalue weighted by Gasteiger charge is 2.30. The molecule has 1 saturated heterocycles. The monoisotopic (exact) mass is 386 g/mol. The Kier molecular flexibility index (Phi) is 5.29. The van der Waals surface area contributed by atoms with E-state index in [0.29, 0.717) is 24.6 Å². The average Bonchev–Trinajstić information content (AvgIpc) is 3.34. The van der Waals surface area contributed by atoms with Crippen molar-refractivity contribution < 1.29 is 19.1 Å². The van der Waals surface area contributed by atoms with Crippen LogP contribution in [-0.2, 0) is 4.79 Å². The third-order valence-electron chi connectivity index (χ3n) is 4.87. The van der Waals surface area contributed by atoms with Crippen LogP contribution >= 0.6 is 11.3 Å². The molecule has 3 heterocycles. The Labute approximate surface area is 162 Å². The number of hydrogen-bond acceptors (Lipinski definition) is 5. The largest absolute Gasteiger partial charge is 0.490 e. The minimum Gasteiger partial charge on any atom is -0.490 e. The van der Waals surface area contributed by atoms with Gasteiger partial charge in [-0.1, -0.05) is 12.1 Å². The molecule has 7 heteroatoms. The summed E-state index contributed by atoms with van der Waals surface area (Å²) in [6, 6.07) is 9.50. The Morgan fingerprint density at radius 2 is 2.00 bits per heavy atom. The predicted octanol–water partition coefficient (Wildman–Crippen LogP) is 3.00. The summed E-state index contributed by atoms with van der Waals surface area (Å²) in [6.07, 6.45) is 2.72. The van der Waals surface area contributed by atoms with Crippen LogP contribution in [0.5, 0.6) is 11.5 Å². The van der Waals surface area contributed by atoms with Crippen LogP contribution in [0.1, 0.15) is 40.5 Å². The van der Waals surface area contributed by atoms with E-state index in [-0.39, 0.29) is 24.4 Å². The minimum absolute atomic E-state index is 0.00768. The first kappa shape index (κ1) is 17.9. The molecule has 1 atom stereocenters. The molecule has 1 fully saturated rings. The summed E-state index contributed by atoms with van der Waals surface area (Å²) in [5, 5.41) is 4.57. The fourth-order valence-electron chi connectivity index (χ4n) is 3.55. The highest BCUT2D eigenvalue weighted by Crippen LogP contribution is 2.37. The molecule has 2 aromatic rings. The van der Waals surface area contributed by atoms with E-state index in [0.717, 1.165) is 36.3 Å². The third-order valence-corrected chi connectivity index (χ3v) is 5.74. The summed E-state index contributed by atoms with van der Waals surface area (Å²) in [7, 11) is 0. The van der Waals surface area contributed by atoms with E-state index in [4.69, 9.17) is 9.47 Å². The second-order valence-corrected chi connectivity index (χ2v) is 7.61. The van der Waals surface area contributed by atoms with Crippen LogP contribution in [-0.4, -0.2) is 43.0 Å². The average molecular weight is 386 g/mol. The standard InChI is InChI=1S/C20H22N2O4S/c23-19(13-21-20(24)18-5-2-11-27-18)22-8-1-4-15(22)14-6-7-16-17(12-14)26-10-3-9-25-16/h2,5-7,11-12,15H,1,3-4,8-10,13H2,(H,21,24)/t15-/m0/s1. The maximum absolute atomic E-state index is 12.7. The fourth-order valence-corrected chi connectivity index (χ4v) is 4.19. The van der Waals surface area contributed by atoms with Gasteiger partial charge in [-0.3, -0.25) is 9.59 Å². The number of carbonyl (C=O) groups is 2. The molecule has 4 rings (SSSR count). The topological polar surface area (TPSA) is 67.9 Å². The first-order valence-corrected chi connectivity index (χ1v) is 10.1. The molecule has 0 aliphatic carbocycles. The second kappa shape index (κ2) is 8.00. The minimum atomic E-state index is -0.204. The molecule has 0 radical (unpaired) electrons. The number of likely N-dealkylation sites (tertiary alicyclic amines) is 1. The van der Waals surface area contributed by atoms with Gasteiger partial charge in [-0.15, -0.1) is 11.3 Å². The number of benzene rings is 1. The quantitative estimate of drug-likeness (QED) is 0.877. The van der Waals surface area contributed by atoms with Crippen molar-refractivity contribution >= 4 is 23.2 Å². The van der Waals surface area contributed by atoms with Crippen molar-refractivity contribution in [2.24, 2.45) is 0 Å². The number of rotatable bonds is 4. The molecular formula is C20H22N2O4S. The van der Waals surface area contributed by atoms with Gasteiger partial charge in [0.05, 0.1) is 30.7 Å². The van der Waals surface area contributed by atoms with Crippen molar-refractivity contribution in [3.8, 4) is 11.5 Å². The lowest BCUT2D eigenvalue weighted by Crippen LogP contribution is -2.39. The van der Waals surface area contributed by atoms with E-state index in [1.54, 1.807) is 6.07 Å². The van der Waals surface area contributed by atoms with E-state index < -0.39 is 0 Å². The highest BCUT2D eigenvalue weighted by molar-refractivity contribution is 7.12. The van der Waals surface area contributed by atoms with Crippen LogP contribution in [0.15, 0.2) is 35.7 Å². The van der Waals surface area contributed by atoms with E-state index in [1.165, 1.54) is 11.3 Å². The summed E-state index contributed by atoms with van der Waals surface area (Å²) in [5.74, 6) is 1.24. The SMILES string of the molecule is O=C(NCC(=O)N1CCC[C@H]1c1ccc2c(c1)OCCCO2)c1cccs1. The lowest BCUT2D eigenvalue weighted by Gasteiger charge is -2.26. The van der Waals surface area contributed by atoms with Crippen LogP contribution in [0.3, 0.4) is 0 Å². The lowest BCUT2D eigenvalue weighted by molar-refractivity contribution is -0.131. The number of ether oxygens (including phenoxy) is 2. The van der Waals surface area contributed by atoms with Crippen molar-refractivity contribution in [1.82, 2.24) is 10.2 Å². The lowest BCUT2D eigenvalue weighted by atomic mass is 10.0. The van der Waals surface area contributed by atoms with E-state index in [2.05, 4.69) is 5.32 Å². The Hall–Kier alpha value is -2.54. The number of hydrogen-bond donors (Lipinski definition) is 1. The van der Waals surface area contributed by atoms with Gasteiger partial charge in [0.25, 0.3) is 5.91 Å². The smallest absolute Gasteiger partial charge is 0.261 e. The maximum atomic E-state index is 12.7. The summed E-state index contributed by atoms with van der Waals surface area (Å²) in [5.41, 5.74) is 1.05. The van der Waals surface area contributed by atoms with Crippen LogP contribution in [0.25, 0.3) is 0 Å². The number of carbonyl (C=O) groups excluding carboxylic acids is 2. The number of fused-ring (bicyclic) bond motifs is 1. The van der Waals surface area contributed by atoms with Crippen molar-refractivity contribution in [3.63, 3.8) is 0 Å². The summed E-state index contributed by atoms with van der Waals surface area (Å²) in [6.45, 7) is 2.01. The fraction of sp³-hybridized carbons (Fsp3) is 0.400. The maximum Gasteiger partial charge on any atom is 0.261 e. The molecule has 0 spiro atoms. The molecule has 0 unspecified atom stereocenters.